The zero-order valence-electron chi connectivity index (χ0n) is 12.4. The maximum absolute atomic E-state index is 12.3. The average molecular weight is 305 g/mol. The van der Waals surface area contributed by atoms with Crippen LogP contribution in [0.5, 0.6) is 5.88 Å². The SMILES string of the molecule is COc1ncccc1C(=O)NCC(c1ccsc1)N(C)C. The third-order valence-electron chi connectivity index (χ3n) is 3.22. The fraction of sp³-hybridized carbons (Fsp3) is 0.333. The van der Waals surface area contributed by atoms with Crippen molar-refractivity contribution < 1.29 is 9.53 Å². The molecular weight excluding hydrogens is 286 g/mol. The van der Waals surface area contributed by atoms with Gasteiger partial charge in [0, 0.05) is 12.7 Å². The van der Waals surface area contributed by atoms with E-state index in [0.29, 0.717) is 18.0 Å². The molecule has 112 valence electrons. The smallest absolute Gasteiger partial charge is 0.256 e. The van der Waals surface area contributed by atoms with Crippen molar-refractivity contribution in [3.05, 3.63) is 46.3 Å². The molecule has 2 heterocycles. The van der Waals surface area contributed by atoms with Crippen LogP contribution in [-0.4, -0.2) is 43.5 Å². The van der Waals surface area contributed by atoms with Crippen LogP contribution in [-0.2, 0) is 0 Å². The van der Waals surface area contributed by atoms with E-state index in [2.05, 4.69) is 26.6 Å². The minimum absolute atomic E-state index is 0.142. The molecule has 0 aliphatic carbocycles. The lowest BCUT2D eigenvalue weighted by Crippen LogP contribution is -2.34. The summed E-state index contributed by atoms with van der Waals surface area (Å²) in [5.41, 5.74) is 1.64. The lowest BCUT2D eigenvalue weighted by Gasteiger charge is -2.24. The Morgan fingerprint density at radius 1 is 1.48 bits per heavy atom. The number of aromatic nitrogens is 1. The topological polar surface area (TPSA) is 54.5 Å². The van der Waals surface area contributed by atoms with E-state index in [1.54, 1.807) is 29.7 Å². The highest BCUT2D eigenvalue weighted by molar-refractivity contribution is 7.07. The third-order valence-corrected chi connectivity index (χ3v) is 3.92. The number of rotatable bonds is 6. The standard InChI is InChI=1S/C15H19N3O2S/c1-18(2)13(11-6-8-21-10-11)9-17-14(19)12-5-4-7-16-15(12)20-3/h4-8,10,13H,9H2,1-3H3,(H,17,19). The summed E-state index contributed by atoms with van der Waals surface area (Å²) >= 11 is 1.65. The van der Waals surface area contributed by atoms with Gasteiger partial charge in [-0.05, 0) is 48.6 Å². The molecule has 0 aromatic carbocycles. The molecule has 1 unspecified atom stereocenters. The Morgan fingerprint density at radius 2 is 2.29 bits per heavy atom. The van der Waals surface area contributed by atoms with E-state index in [-0.39, 0.29) is 11.9 Å². The van der Waals surface area contributed by atoms with E-state index in [4.69, 9.17) is 4.74 Å². The predicted molar refractivity (Wildman–Crippen MR) is 83.9 cm³/mol. The van der Waals surface area contributed by atoms with Gasteiger partial charge in [0.25, 0.3) is 5.91 Å². The second-order valence-electron chi connectivity index (χ2n) is 4.81. The van der Waals surface area contributed by atoms with Crippen molar-refractivity contribution in [3.8, 4) is 5.88 Å². The van der Waals surface area contributed by atoms with Crippen LogP contribution >= 0.6 is 11.3 Å². The monoisotopic (exact) mass is 305 g/mol. The van der Waals surface area contributed by atoms with E-state index in [1.165, 1.54) is 12.7 Å². The molecule has 0 saturated carbocycles. The Morgan fingerprint density at radius 3 is 2.90 bits per heavy atom. The quantitative estimate of drug-likeness (QED) is 0.889. The number of carbonyl (C=O) groups excluding carboxylic acids is 1. The van der Waals surface area contributed by atoms with Crippen LogP contribution in [0.15, 0.2) is 35.2 Å². The minimum Gasteiger partial charge on any atom is -0.480 e. The summed E-state index contributed by atoms with van der Waals surface area (Å²) < 4.78 is 5.11. The number of methoxy groups -OCH3 is 1. The van der Waals surface area contributed by atoms with Gasteiger partial charge in [-0.2, -0.15) is 11.3 Å². The van der Waals surface area contributed by atoms with Gasteiger partial charge in [-0.1, -0.05) is 0 Å². The van der Waals surface area contributed by atoms with Gasteiger partial charge in [-0.15, -0.1) is 0 Å². The van der Waals surface area contributed by atoms with E-state index in [0.717, 1.165) is 0 Å². The number of hydrogen-bond acceptors (Lipinski definition) is 5. The minimum atomic E-state index is -0.179. The number of hydrogen-bond donors (Lipinski definition) is 1. The van der Waals surface area contributed by atoms with E-state index in [1.807, 2.05) is 19.5 Å². The van der Waals surface area contributed by atoms with Crippen LogP contribution in [0.4, 0.5) is 0 Å². The van der Waals surface area contributed by atoms with Crippen LogP contribution in [0, 0.1) is 0 Å². The molecule has 2 aromatic heterocycles. The van der Waals surface area contributed by atoms with Crippen LogP contribution in [0.25, 0.3) is 0 Å². The molecule has 2 aromatic rings. The Balaban J connectivity index is 2.06. The van der Waals surface area contributed by atoms with Gasteiger partial charge >= 0.3 is 0 Å². The molecule has 0 fully saturated rings. The highest BCUT2D eigenvalue weighted by atomic mass is 32.1. The first-order valence-electron chi connectivity index (χ1n) is 6.59. The zero-order valence-corrected chi connectivity index (χ0v) is 13.2. The van der Waals surface area contributed by atoms with Crippen molar-refractivity contribution in [2.45, 2.75) is 6.04 Å². The van der Waals surface area contributed by atoms with E-state index >= 15 is 0 Å². The molecule has 0 bridgehead atoms. The molecule has 5 nitrogen and oxygen atoms in total. The lowest BCUT2D eigenvalue weighted by atomic mass is 10.1. The predicted octanol–water partition coefficient (Wildman–Crippen LogP) is 2.18. The van der Waals surface area contributed by atoms with Gasteiger partial charge in [0.05, 0.1) is 13.2 Å². The number of likely N-dealkylation sites (N-methyl/N-ethyl adjacent to an activating group) is 1. The Kier molecular flexibility index (Phi) is 5.30. The Hall–Kier alpha value is -1.92. The first-order chi connectivity index (χ1) is 10.1. The normalized spacial score (nSPS) is 12.2. The average Bonchev–Trinajstić information content (AvgIpc) is 3.01. The lowest BCUT2D eigenvalue weighted by molar-refractivity contribution is 0.0938. The van der Waals surface area contributed by atoms with Crippen molar-refractivity contribution in [2.24, 2.45) is 0 Å². The largest absolute Gasteiger partial charge is 0.480 e. The summed E-state index contributed by atoms with van der Waals surface area (Å²) in [5.74, 6) is 0.161. The van der Waals surface area contributed by atoms with Gasteiger partial charge in [0.1, 0.15) is 5.56 Å². The van der Waals surface area contributed by atoms with Crippen molar-refractivity contribution in [2.75, 3.05) is 27.7 Å². The van der Waals surface area contributed by atoms with Gasteiger partial charge in [0.15, 0.2) is 0 Å². The van der Waals surface area contributed by atoms with E-state index < -0.39 is 0 Å². The number of nitrogens with zero attached hydrogens (tertiary/aromatic N) is 2. The van der Waals surface area contributed by atoms with Crippen LogP contribution in [0.1, 0.15) is 22.0 Å². The van der Waals surface area contributed by atoms with E-state index in [9.17, 15) is 4.79 Å². The summed E-state index contributed by atoms with van der Waals surface area (Å²) in [6.07, 6.45) is 1.60. The number of ether oxygens (including phenoxy) is 1. The number of pyridine rings is 1. The molecule has 1 N–H and O–H groups in total. The molecule has 1 atom stereocenters. The summed E-state index contributed by atoms with van der Waals surface area (Å²) in [7, 11) is 5.51. The summed E-state index contributed by atoms with van der Waals surface area (Å²) in [6, 6.07) is 5.64. The van der Waals surface area contributed by atoms with Gasteiger partial charge in [-0.25, -0.2) is 4.98 Å². The maximum Gasteiger partial charge on any atom is 0.256 e. The number of nitrogens with one attached hydrogen (secondary N) is 1. The highest BCUT2D eigenvalue weighted by Gasteiger charge is 2.18. The summed E-state index contributed by atoms with van der Waals surface area (Å²) in [5, 5.41) is 7.09. The van der Waals surface area contributed by atoms with Crippen LogP contribution in [0.2, 0.25) is 0 Å². The molecule has 0 aliphatic heterocycles. The highest BCUT2D eigenvalue weighted by Crippen LogP contribution is 2.20. The van der Waals surface area contributed by atoms with Crippen LogP contribution in [0.3, 0.4) is 0 Å². The van der Waals surface area contributed by atoms with Gasteiger partial charge in [-0.3, -0.25) is 4.79 Å². The Labute approximate surface area is 128 Å². The van der Waals surface area contributed by atoms with Crippen molar-refractivity contribution in [1.82, 2.24) is 15.2 Å². The molecule has 0 aliphatic rings. The second kappa shape index (κ2) is 7.19. The Bertz CT molecular complexity index is 584. The molecular formula is C15H19N3O2S. The molecule has 2 rings (SSSR count). The molecule has 6 heteroatoms. The van der Waals surface area contributed by atoms with Crippen molar-refractivity contribution >= 4 is 17.2 Å². The van der Waals surface area contributed by atoms with Crippen LogP contribution < -0.4 is 10.1 Å². The van der Waals surface area contributed by atoms with Gasteiger partial charge in [0.2, 0.25) is 5.88 Å². The third kappa shape index (κ3) is 3.80. The number of carbonyl (C=O) groups is 1. The number of thiophene rings is 1. The molecule has 0 spiro atoms. The van der Waals surface area contributed by atoms with Crippen molar-refractivity contribution in [1.29, 1.82) is 0 Å². The first kappa shape index (κ1) is 15.5. The van der Waals surface area contributed by atoms with Crippen molar-refractivity contribution in [3.63, 3.8) is 0 Å². The molecule has 0 radical (unpaired) electrons. The fourth-order valence-corrected chi connectivity index (χ4v) is 2.78. The van der Waals surface area contributed by atoms with Gasteiger partial charge < -0.3 is 15.0 Å². The number of amides is 1. The first-order valence-corrected chi connectivity index (χ1v) is 7.53. The maximum atomic E-state index is 12.3. The summed E-state index contributed by atoms with van der Waals surface area (Å²) in [4.78, 5) is 18.4. The second-order valence-corrected chi connectivity index (χ2v) is 5.59. The zero-order chi connectivity index (χ0) is 15.2. The summed E-state index contributed by atoms with van der Waals surface area (Å²) in [6.45, 7) is 0.528. The molecule has 21 heavy (non-hydrogen) atoms. The fourth-order valence-electron chi connectivity index (χ4n) is 2.07. The molecule has 1 amide bonds. The molecule has 0 saturated heterocycles.